The zero-order valence-corrected chi connectivity index (χ0v) is 8.57. The molecular weight excluding hydrogens is 251 g/mol. The zero-order chi connectivity index (χ0) is 10.1. The summed E-state index contributed by atoms with van der Waals surface area (Å²) >= 11 is 3.07. The number of aromatic nitrogens is 3. The second-order valence-corrected chi connectivity index (χ2v) is 3.51. The molecule has 0 atom stereocenters. The maximum Gasteiger partial charge on any atom is 0.166 e. The SMILES string of the molecule is Nc1cnn(-c2ccc(F)c(Br)c2)n1. The molecule has 0 fully saturated rings. The van der Waals surface area contributed by atoms with Crippen molar-refractivity contribution in [2.24, 2.45) is 0 Å². The third-order valence-corrected chi connectivity index (χ3v) is 2.25. The van der Waals surface area contributed by atoms with Crippen LogP contribution in [0.4, 0.5) is 10.2 Å². The molecule has 0 spiro atoms. The lowest BCUT2D eigenvalue weighted by molar-refractivity contribution is 0.619. The highest BCUT2D eigenvalue weighted by atomic mass is 79.9. The Labute approximate surface area is 87.7 Å². The quantitative estimate of drug-likeness (QED) is 0.846. The lowest BCUT2D eigenvalue weighted by atomic mass is 10.3. The maximum absolute atomic E-state index is 12.9. The monoisotopic (exact) mass is 256 g/mol. The molecule has 0 unspecified atom stereocenters. The van der Waals surface area contributed by atoms with Crippen LogP contribution in [0, 0.1) is 5.82 Å². The third kappa shape index (κ3) is 1.60. The molecule has 14 heavy (non-hydrogen) atoms. The van der Waals surface area contributed by atoms with Gasteiger partial charge in [0.25, 0.3) is 0 Å². The van der Waals surface area contributed by atoms with E-state index in [1.165, 1.54) is 17.1 Å². The van der Waals surface area contributed by atoms with E-state index in [9.17, 15) is 4.39 Å². The molecule has 1 aromatic carbocycles. The molecule has 72 valence electrons. The van der Waals surface area contributed by atoms with Crippen LogP contribution >= 0.6 is 15.9 Å². The summed E-state index contributed by atoms with van der Waals surface area (Å²) in [7, 11) is 0. The van der Waals surface area contributed by atoms with Gasteiger partial charge in [-0.15, -0.1) is 9.90 Å². The predicted octanol–water partition coefficient (Wildman–Crippen LogP) is 1.75. The van der Waals surface area contributed by atoms with Gasteiger partial charge >= 0.3 is 0 Å². The molecule has 2 aromatic rings. The van der Waals surface area contributed by atoms with Gasteiger partial charge in [0.1, 0.15) is 5.82 Å². The van der Waals surface area contributed by atoms with Crippen molar-refractivity contribution in [3.8, 4) is 5.69 Å². The highest BCUT2D eigenvalue weighted by Gasteiger charge is 2.03. The summed E-state index contributed by atoms with van der Waals surface area (Å²) in [6.07, 6.45) is 1.43. The number of rotatable bonds is 1. The molecule has 0 saturated carbocycles. The fourth-order valence-electron chi connectivity index (χ4n) is 1.01. The molecule has 1 heterocycles. The first kappa shape index (κ1) is 9.14. The molecule has 2 N–H and O–H groups in total. The van der Waals surface area contributed by atoms with E-state index in [4.69, 9.17) is 5.73 Å². The van der Waals surface area contributed by atoms with Crippen LogP contribution in [0.2, 0.25) is 0 Å². The predicted molar refractivity (Wildman–Crippen MR) is 53.4 cm³/mol. The minimum atomic E-state index is -0.325. The van der Waals surface area contributed by atoms with Crippen molar-refractivity contribution in [2.45, 2.75) is 0 Å². The number of hydrogen-bond acceptors (Lipinski definition) is 3. The number of benzene rings is 1. The summed E-state index contributed by atoms with van der Waals surface area (Å²) in [5.41, 5.74) is 6.05. The first-order valence-corrected chi connectivity index (χ1v) is 4.59. The Morgan fingerprint density at radius 2 is 2.21 bits per heavy atom. The van der Waals surface area contributed by atoms with E-state index in [0.717, 1.165) is 0 Å². The normalized spacial score (nSPS) is 10.4. The first-order chi connectivity index (χ1) is 6.66. The summed E-state index contributed by atoms with van der Waals surface area (Å²) in [6, 6.07) is 4.48. The van der Waals surface area contributed by atoms with Gasteiger partial charge in [-0.25, -0.2) is 4.39 Å². The molecule has 0 saturated heterocycles. The Bertz CT molecular complexity index is 468. The van der Waals surface area contributed by atoms with Gasteiger partial charge < -0.3 is 5.73 Å². The lowest BCUT2D eigenvalue weighted by Gasteiger charge is -2.00. The average molecular weight is 257 g/mol. The van der Waals surface area contributed by atoms with E-state index >= 15 is 0 Å². The van der Waals surface area contributed by atoms with E-state index < -0.39 is 0 Å². The van der Waals surface area contributed by atoms with Crippen LogP contribution in [0.1, 0.15) is 0 Å². The third-order valence-electron chi connectivity index (χ3n) is 1.64. The van der Waals surface area contributed by atoms with Crippen molar-refractivity contribution in [2.75, 3.05) is 5.73 Å². The molecule has 0 aliphatic carbocycles. The number of nitrogens with zero attached hydrogens (tertiary/aromatic N) is 3. The van der Waals surface area contributed by atoms with Crippen LogP contribution in [0.3, 0.4) is 0 Å². The summed E-state index contributed by atoms with van der Waals surface area (Å²) in [4.78, 5) is 1.33. The molecule has 1 aromatic heterocycles. The van der Waals surface area contributed by atoms with Crippen LogP contribution < -0.4 is 5.73 Å². The molecule has 0 radical (unpaired) electrons. The summed E-state index contributed by atoms with van der Waals surface area (Å²) < 4.78 is 13.3. The van der Waals surface area contributed by atoms with E-state index in [0.29, 0.717) is 16.0 Å². The topological polar surface area (TPSA) is 56.7 Å². The van der Waals surface area contributed by atoms with Crippen LogP contribution in [-0.4, -0.2) is 15.0 Å². The second-order valence-electron chi connectivity index (χ2n) is 2.66. The molecular formula is C8H6BrFN4. The van der Waals surface area contributed by atoms with Gasteiger partial charge in [-0.05, 0) is 34.1 Å². The lowest BCUT2D eigenvalue weighted by Crippen LogP contribution is -1.99. The van der Waals surface area contributed by atoms with Gasteiger partial charge in [0.15, 0.2) is 5.82 Å². The van der Waals surface area contributed by atoms with E-state index in [1.807, 2.05) is 0 Å². The Kier molecular flexibility index (Phi) is 2.20. The largest absolute Gasteiger partial charge is 0.381 e. The van der Waals surface area contributed by atoms with Crippen LogP contribution in [-0.2, 0) is 0 Å². The summed E-state index contributed by atoms with van der Waals surface area (Å²) in [6.45, 7) is 0. The molecule has 0 aliphatic heterocycles. The van der Waals surface area contributed by atoms with E-state index in [-0.39, 0.29) is 5.82 Å². The van der Waals surface area contributed by atoms with Gasteiger partial charge in [0, 0.05) is 0 Å². The average Bonchev–Trinajstić information content (AvgIpc) is 2.57. The zero-order valence-electron chi connectivity index (χ0n) is 6.98. The standard InChI is InChI=1S/C8H6BrFN4/c9-6-3-5(1-2-7(6)10)14-12-4-8(11)13-14/h1-4H,(H2,11,13). The van der Waals surface area contributed by atoms with Crippen molar-refractivity contribution >= 4 is 21.7 Å². The molecule has 0 amide bonds. The van der Waals surface area contributed by atoms with Crippen molar-refractivity contribution in [3.63, 3.8) is 0 Å². The highest BCUT2D eigenvalue weighted by Crippen LogP contribution is 2.18. The van der Waals surface area contributed by atoms with Crippen LogP contribution in [0.5, 0.6) is 0 Å². The van der Waals surface area contributed by atoms with Gasteiger partial charge in [0.05, 0.1) is 16.4 Å². The minimum Gasteiger partial charge on any atom is -0.381 e. The Morgan fingerprint density at radius 1 is 1.43 bits per heavy atom. The van der Waals surface area contributed by atoms with Crippen molar-refractivity contribution in [1.29, 1.82) is 0 Å². The van der Waals surface area contributed by atoms with Gasteiger partial charge in [-0.2, -0.15) is 5.10 Å². The minimum absolute atomic E-state index is 0.324. The number of anilines is 1. The number of hydrogen-bond donors (Lipinski definition) is 1. The Balaban J connectivity index is 2.47. The van der Waals surface area contributed by atoms with Crippen LogP contribution in [0.25, 0.3) is 5.69 Å². The fourth-order valence-corrected chi connectivity index (χ4v) is 1.38. The smallest absolute Gasteiger partial charge is 0.166 e. The number of halogens is 2. The first-order valence-electron chi connectivity index (χ1n) is 3.80. The van der Waals surface area contributed by atoms with Gasteiger partial charge in [-0.1, -0.05) is 0 Å². The van der Waals surface area contributed by atoms with Crippen LogP contribution in [0.15, 0.2) is 28.9 Å². The van der Waals surface area contributed by atoms with Crippen molar-refractivity contribution < 1.29 is 4.39 Å². The Morgan fingerprint density at radius 3 is 2.79 bits per heavy atom. The van der Waals surface area contributed by atoms with Gasteiger partial charge in [0.2, 0.25) is 0 Å². The van der Waals surface area contributed by atoms with E-state index in [2.05, 4.69) is 26.1 Å². The molecule has 2 rings (SSSR count). The second kappa shape index (κ2) is 3.38. The number of nitrogens with two attached hydrogens (primary N) is 1. The number of nitrogen functional groups attached to an aromatic ring is 1. The fraction of sp³-hybridized carbons (Fsp3) is 0. The van der Waals surface area contributed by atoms with Crippen molar-refractivity contribution in [3.05, 3.63) is 34.7 Å². The molecule has 0 bridgehead atoms. The molecule has 6 heteroatoms. The molecule has 0 aliphatic rings. The maximum atomic E-state index is 12.9. The van der Waals surface area contributed by atoms with Gasteiger partial charge in [-0.3, -0.25) is 0 Å². The molecule has 4 nitrogen and oxygen atoms in total. The van der Waals surface area contributed by atoms with E-state index in [1.54, 1.807) is 12.1 Å². The summed E-state index contributed by atoms with van der Waals surface area (Å²) in [5.74, 6) is -0.000625. The summed E-state index contributed by atoms with van der Waals surface area (Å²) in [5, 5.41) is 7.79. The Hall–Kier alpha value is -1.43. The van der Waals surface area contributed by atoms with Crippen molar-refractivity contribution in [1.82, 2.24) is 15.0 Å². The highest BCUT2D eigenvalue weighted by molar-refractivity contribution is 9.10.